The van der Waals surface area contributed by atoms with Crippen molar-refractivity contribution in [3.63, 3.8) is 0 Å². The zero-order valence-electron chi connectivity index (χ0n) is 42.1. The van der Waals surface area contributed by atoms with Crippen molar-refractivity contribution in [2.75, 3.05) is 19.6 Å². The van der Waals surface area contributed by atoms with Gasteiger partial charge in [-0.05, 0) is 146 Å². The lowest BCUT2D eigenvalue weighted by Crippen LogP contribution is -2.40. The zero-order chi connectivity index (χ0) is 53.1. The van der Waals surface area contributed by atoms with E-state index in [0.717, 1.165) is 32.1 Å². The molecule has 2 unspecified atom stereocenters. The number of hydrogen-bond acceptors (Lipinski definition) is 9. The van der Waals surface area contributed by atoms with Gasteiger partial charge in [-0.3, -0.25) is 43.2 Å². The molecule has 13 heteroatoms. The van der Waals surface area contributed by atoms with Crippen LogP contribution in [0, 0.1) is 34.5 Å². The summed E-state index contributed by atoms with van der Waals surface area (Å²) in [5.74, 6) is -4.36. The minimum atomic E-state index is -0.775. The van der Waals surface area contributed by atoms with Crippen molar-refractivity contribution in [1.82, 2.24) is 0 Å². The molecular weight excluding hydrogens is 957 g/mol. The Balaban J connectivity index is 0.685. The highest BCUT2D eigenvalue weighted by Gasteiger charge is 2.60. The number of ketones is 1. The zero-order valence-corrected chi connectivity index (χ0v) is 42.1. The number of carbonyl (C=O) groups is 9. The van der Waals surface area contributed by atoms with Crippen molar-refractivity contribution in [2.24, 2.45) is 34.5 Å². The van der Waals surface area contributed by atoms with Crippen molar-refractivity contribution < 1.29 is 43.2 Å². The van der Waals surface area contributed by atoms with E-state index >= 15 is 0 Å². The smallest absolute Gasteiger partial charge is 0.266 e. The fourth-order valence-electron chi connectivity index (χ4n) is 12.2. The molecule has 6 aromatic rings. The van der Waals surface area contributed by atoms with E-state index in [-0.39, 0.29) is 80.7 Å². The van der Waals surface area contributed by atoms with Gasteiger partial charge in [0.2, 0.25) is 23.6 Å². The maximum Gasteiger partial charge on any atom is 0.266 e. The van der Waals surface area contributed by atoms with E-state index in [2.05, 4.69) is 0 Å². The molecule has 376 valence electrons. The first-order valence-corrected chi connectivity index (χ1v) is 25.5. The van der Waals surface area contributed by atoms with Gasteiger partial charge in [0.05, 0.1) is 67.7 Å². The number of hydrogen-bond donors (Lipinski definition) is 0. The largest absolute Gasteiger partial charge is 0.289 e. The number of benzene rings is 6. The quantitative estimate of drug-likeness (QED) is 0.0737. The molecule has 4 aliphatic heterocycles. The van der Waals surface area contributed by atoms with Crippen molar-refractivity contribution in [2.45, 2.75) is 53.4 Å². The maximum absolute atomic E-state index is 14.0. The molecule has 2 aliphatic carbocycles. The predicted octanol–water partition coefficient (Wildman–Crippen LogP) is 9.88. The van der Waals surface area contributed by atoms with Crippen molar-refractivity contribution >= 4 is 75.8 Å². The molecule has 0 saturated carbocycles. The van der Waals surface area contributed by atoms with Crippen LogP contribution in [0.15, 0.2) is 158 Å². The Labute approximate surface area is 438 Å². The number of nitrogens with zero attached hydrogens (tertiary/aromatic N) is 4. The van der Waals surface area contributed by atoms with E-state index in [1.807, 2.05) is 101 Å². The highest BCUT2D eigenvalue weighted by Crippen LogP contribution is 2.51. The Bertz CT molecular complexity index is 3410. The average molecular weight is 1010 g/mol. The van der Waals surface area contributed by atoms with Crippen LogP contribution in [0.2, 0.25) is 0 Å². The summed E-state index contributed by atoms with van der Waals surface area (Å²) in [6.45, 7) is 7.71. The van der Waals surface area contributed by atoms with Crippen LogP contribution < -0.4 is 19.6 Å². The summed E-state index contributed by atoms with van der Waals surface area (Å²) < 4.78 is 0. The Hall–Kier alpha value is -8.97. The summed E-state index contributed by atoms with van der Waals surface area (Å²) in [6.07, 6.45) is 10.1. The van der Waals surface area contributed by atoms with E-state index in [0.29, 0.717) is 48.4 Å². The van der Waals surface area contributed by atoms with Gasteiger partial charge in [-0.15, -0.1) is 0 Å². The van der Waals surface area contributed by atoms with Crippen LogP contribution in [0.4, 0.5) is 22.7 Å². The van der Waals surface area contributed by atoms with Crippen LogP contribution in [0.3, 0.4) is 0 Å². The second-order valence-electron chi connectivity index (χ2n) is 21.3. The fraction of sp³-hybridized carbons (Fsp3) is 0.222. The van der Waals surface area contributed by atoms with Gasteiger partial charge in [0.15, 0.2) is 5.78 Å². The third-order valence-electron chi connectivity index (χ3n) is 17.2. The van der Waals surface area contributed by atoms with Crippen LogP contribution >= 0.6 is 0 Å². The minimum Gasteiger partial charge on any atom is -0.289 e. The first kappa shape index (κ1) is 48.0. The number of allylic oxidation sites excluding steroid dienone is 4. The van der Waals surface area contributed by atoms with Crippen LogP contribution in [0.1, 0.15) is 120 Å². The molecule has 6 atom stereocenters. The molecule has 6 aliphatic rings. The first-order chi connectivity index (χ1) is 36.5. The third kappa shape index (κ3) is 7.16. The van der Waals surface area contributed by atoms with Crippen LogP contribution in [0.5, 0.6) is 0 Å². The lowest BCUT2D eigenvalue weighted by atomic mass is 9.66. The van der Waals surface area contributed by atoms with Gasteiger partial charge >= 0.3 is 0 Å². The van der Waals surface area contributed by atoms with Crippen LogP contribution in [-0.2, 0) is 32.0 Å². The molecule has 6 aromatic carbocycles. The van der Waals surface area contributed by atoms with Gasteiger partial charge in [-0.1, -0.05) is 98.8 Å². The average Bonchev–Trinajstić information content (AvgIpc) is 3.99. The monoisotopic (exact) mass is 1010 g/mol. The molecule has 12 rings (SSSR count). The van der Waals surface area contributed by atoms with Gasteiger partial charge in [-0.25, -0.2) is 19.6 Å². The van der Waals surface area contributed by atoms with E-state index in [4.69, 9.17) is 0 Å². The van der Waals surface area contributed by atoms with Gasteiger partial charge < -0.3 is 0 Å². The third-order valence-corrected chi connectivity index (χ3v) is 17.2. The standard InChI is InChI=1S/C63H50N4O9/c1-35-7-5-9-51-58(73)66(60(75)62(35,51)3)45-25-15-39(16-26-45)31-37-11-21-43(22-12-37)64-54(69)47-29-19-41(33-49(47)56(64)71)53(68)42-20-30-48-50(34-42)57(72)65(55(48)70)44-23-13-38(14-24-44)32-40-17-27-46(28-18-40)67-59(74)52-10-6-8-36(2)63(52,4)61(67)76/h5-8,11-30,33-36,51-52H,9-10,31-32H2,1-4H3/t35-,36+,51?,52?,62+,63-. The second-order valence-corrected chi connectivity index (χ2v) is 21.3. The molecule has 0 radical (unpaired) electrons. The van der Waals surface area contributed by atoms with Crippen molar-refractivity contribution in [1.29, 1.82) is 0 Å². The molecule has 2 fully saturated rings. The topological polar surface area (TPSA) is 167 Å². The molecule has 2 saturated heterocycles. The van der Waals surface area contributed by atoms with Gasteiger partial charge in [0.25, 0.3) is 23.6 Å². The van der Waals surface area contributed by atoms with Crippen molar-refractivity contribution in [3.05, 3.63) is 213 Å². The number of carbonyl (C=O) groups excluding carboxylic acids is 9. The van der Waals surface area contributed by atoms with Gasteiger partial charge in [0, 0.05) is 11.1 Å². The molecule has 0 aromatic heterocycles. The summed E-state index contributed by atoms with van der Waals surface area (Å²) in [6, 6.07) is 37.3. The highest BCUT2D eigenvalue weighted by molar-refractivity contribution is 6.36. The minimum absolute atomic E-state index is 0.0525. The van der Waals surface area contributed by atoms with Gasteiger partial charge in [0.1, 0.15) is 0 Å². The molecule has 0 spiro atoms. The molecule has 4 heterocycles. The summed E-state index contributed by atoms with van der Waals surface area (Å²) in [5, 5.41) is 0. The van der Waals surface area contributed by atoms with E-state index < -0.39 is 40.2 Å². The summed E-state index contributed by atoms with van der Waals surface area (Å²) in [7, 11) is 0. The normalized spacial score (nSPS) is 24.5. The second kappa shape index (κ2) is 17.6. The van der Waals surface area contributed by atoms with Crippen molar-refractivity contribution in [3.8, 4) is 0 Å². The predicted molar refractivity (Wildman–Crippen MR) is 284 cm³/mol. The Morgan fingerprint density at radius 1 is 0.421 bits per heavy atom. The fourth-order valence-corrected chi connectivity index (χ4v) is 12.2. The Morgan fingerprint density at radius 2 is 0.724 bits per heavy atom. The van der Waals surface area contributed by atoms with Crippen LogP contribution in [-0.4, -0.2) is 53.0 Å². The van der Waals surface area contributed by atoms with E-state index in [9.17, 15) is 43.2 Å². The molecule has 0 bridgehead atoms. The number of imide groups is 4. The summed E-state index contributed by atoms with van der Waals surface area (Å²) >= 11 is 0. The maximum atomic E-state index is 14.0. The number of fused-ring (bicyclic) bond motifs is 4. The lowest BCUT2D eigenvalue weighted by Gasteiger charge is -2.34. The summed E-state index contributed by atoms with van der Waals surface area (Å²) in [5.41, 5.74) is 4.54. The molecular formula is C63H50N4O9. The van der Waals surface area contributed by atoms with Gasteiger partial charge in [-0.2, -0.15) is 0 Å². The molecule has 76 heavy (non-hydrogen) atoms. The highest BCUT2D eigenvalue weighted by atomic mass is 16.2. The molecule has 8 amide bonds. The van der Waals surface area contributed by atoms with E-state index in [1.165, 1.54) is 46.2 Å². The van der Waals surface area contributed by atoms with E-state index in [1.54, 1.807) is 48.5 Å². The first-order valence-electron chi connectivity index (χ1n) is 25.5. The number of anilines is 4. The SMILES string of the molecule is C[C@@H]1C=CCC2C(=O)N(c3ccc(Cc4ccc(N5C(=O)c6ccc(C(=O)c7ccc8c(c7)C(=O)N(c7ccc(Cc9ccc(N%10C(=O)C%11CC=C[C@H](C)[C@@]%11(C)C%10=O)cc9)cc7)C8=O)cc6C5=O)cc4)cc3)C(=O)[C@]21C. The number of amides is 8. The lowest BCUT2D eigenvalue weighted by molar-refractivity contribution is -0.129. The Morgan fingerprint density at radius 3 is 1.04 bits per heavy atom. The molecule has 0 N–H and O–H groups in total. The molecule has 13 nitrogen and oxygen atoms in total. The van der Waals surface area contributed by atoms with Crippen LogP contribution in [0.25, 0.3) is 0 Å². The number of rotatable bonds is 10. The Kier molecular flexibility index (Phi) is 11.1. The summed E-state index contributed by atoms with van der Waals surface area (Å²) in [4.78, 5) is 128.